The van der Waals surface area contributed by atoms with E-state index < -0.39 is 10.0 Å². The van der Waals surface area contributed by atoms with Gasteiger partial charge in [0.15, 0.2) is 5.11 Å². The molecule has 1 aliphatic heterocycles. The average molecular weight is 566 g/mol. The van der Waals surface area contributed by atoms with Crippen LogP contribution in [0.2, 0.25) is 0 Å². The first-order chi connectivity index (χ1) is 18.6. The number of benzene rings is 2. The summed E-state index contributed by atoms with van der Waals surface area (Å²) in [7, 11) is -2.02. The zero-order chi connectivity index (χ0) is 27.9. The van der Waals surface area contributed by atoms with Crippen molar-refractivity contribution in [1.82, 2.24) is 14.9 Å². The second kappa shape index (κ2) is 10.3. The predicted molar refractivity (Wildman–Crippen MR) is 155 cm³/mol. The Morgan fingerprint density at radius 2 is 1.77 bits per heavy atom. The van der Waals surface area contributed by atoms with Crippen molar-refractivity contribution < 1.29 is 17.5 Å². The van der Waals surface area contributed by atoms with E-state index in [9.17, 15) is 12.8 Å². The standard InChI is InChI=1S/C28H28FN5O3S2/c1-17-15-22(18(2)33(17)20-10-8-19(29)9-11-20)27-26(24-7-5-6-14-30-24)31-28(38)34(27)21-12-13-23(25(16-21)37-3)32-39(4,35)36/h5-16,26-27,32H,1-4H3,(H,31,38)/t26-,27-/m1/s1. The maximum Gasteiger partial charge on any atom is 0.229 e. The zero-order valence-electron chi connectivity index (χ0n) is 21.8. The van der Waals surface area contributed by atoms with Crippen LogP contribution >= 0.6 is 12.2 Å². The third-order valence-corrected chi connectivity index (χ3v) is 7.64. The molecule has 5 rings (SSSR count). The first-order valence-corrected chi connectivity index (χ1v) is 14.5. The van der Waals surface area contributed by atoms with E-state index in [4.69, 9.17) is 17.0 Å². The lowest BCUT2D eigenvalue weighted by molar-refractivity contribution is 0.417. The second-order valence-electron chi connectivity index (χ2n) is 9.39. The predicted octanol–water partition coefficient (Wildman–Crippen LogP) is 5.19. The zero-order valence-corrected chi connectivity index (χ0v) is 23.5. The Balaban J connectivity index is 1.66. The van der Waals surface area contributed by atoms with Gasteiger partial charge in [0.25, 0.3) is 0 Å². The highest BCUT2D eigenvalue weighted by atomic mass is 32.2. The molecule has 2 N–H and O–H groups in total. The highest BCUT2D eigenvalue weighted by Gasteiger charge is 2.42. The average Bonchev–Trinajstić information content (AvgIpc) is 3.39. The van der Waals surface area contributed by atoms with Crippen LogP contribution in [0.15, 0.2) is 72.9 Å². The number of hydrogen-bond acceptors (Lipinski definition) is 5. The topological polar surface area (TPSA) is 88.5 Å². The Morgan fingerprint density at radius 3 is 2.41 bits per heavy atom. The molecule has 0 saturated carbocycles. The summed E-state index contributed by atoms with van der Waals surface area (Å²) in [6.45, 7) is 4.04. The quantitative estimate of drug-likeness (QED) is 0.298. The summed E-state index contributed by atoms with van der Waals surface area (Å²) in [5.74, 6) is 0.0634. The molecule has 2 aromatic heterocycles. The third kappa shape index (κ3) is 5.19. The normalized spacial score (nSPS) is 17.3. The van der Waals surface area contributed by atoms with Crippen molar-refractivity contribution in [3.63, 3.8) is 0 Å². The summed E-state index contributed by atoms with van der Waals surface area (Å²) in [4.78, 5) is 6.61. The van der Waals surface area contributed by atoms with Crippen LogP contribution in [-0.2, 0) is 10.0 Å². The molecule has 0 spiro atoms. The van der Waals surface area contributed by atoms with Gasteiger partial charge in [-0.2, -0.15) is 0 Å². The van der Waals surface area contributed by atoms with Crippen molar-refractivity contribution in [1.29, 1.82) is 0 Å². The van der Waals surface area contributed by atoms with Crippen molar-refractivity contribution in [2.24, 2.45) is 0 Å². The van der Waals surface area contributed by atoms with Crippen LogP contribution < -0.4 is 19.7 Å². The minimum Gasteiger partial charge on any atom is -0.494 e. The Bertz CT molecular complexity index is 1640. The van der Waals surface area contributed by atoms with E-state index in [-0.39, 0.29) is 17.9 Å². The van der Waals surface area contributed by atoms with Gasteiger partial charge in [-0.1, -0.05) is 6.07 Å². The number of methoxy groups -OCH3 is 1. The Labute approximate surface area is 232 Å². The minimum absolute atomic E-state index is 0.277. The molecule has 3 heterocycles. The van der Waals surface area contributed by atoms with Crippen molar-refractivity contribution in [3.05, 3.63) is 101 Å². The smallest absolute Gasteiger partial charge is 0.229 e. The highest BCUT2D eigenvalue weighted by Crippen LogP contribution is 2.45. The monoisotopic (exact) mass is 565 g/mol. The number of anilines is 2. The Kier molecular flexibility index (Phi) is 7.04. The van der Waals surface area contributed by atoms with Gasteiger partial charge in [0.1, 0.15) is 11.6 Å². The van der Waals surface area contributed by atoms with Crippen LogP contribution in [0.3, 0.4) is 0 Å². The number of aromatic nitrogens is 2. The molecule has 1 fully saturated rings. The molecular formula is C28H28FN5O3S2. The van der Waals surface area contributed by atoms with Crippen LogP contribution in [0.5, 0.6) is 5.75 Å². The molecule has 8 nitrogen and oxygen atoms in total. The van der Waals surface area contributed by atoms with Crippen LogP contribution in [0.1, 0.15) is 34.7 Å². The molecule has 11 heteroatoms. The molecule has 0 bridgehead atoms. The fourth-order valence-corrected chi connectivity index (χ4v) is 6.05. The van der Waals surface area contributed by atoms with Gasteiger partial charge in [-0.25, -0.2) is 12.8 Å². The maximum atomic E-state index is 13.7. The van der Waals surface area contributed by atoms with Gasteiger partial charge >= 0.3 is 0 Å². The van der Waals surface area contributed by atoms with Gasteiger partial charge in [-0.3, -0.25) is 9.71 Å². The van der Waals surface area contributed by atoms with Gasteiger partial charge in [-0.05, 0) is 86.2 Å². The van der Waals surface area contributed by atoms with E-state index in [1.54, 1.807) is 36.5 Å². The summed E-state index contributed by atoms with van der Waals surface area (Å²) in [5.41, 5.74) is 5.69. The molecule has 4 aromatic rings. The first kappa shape index (κ1) is 26.6. The first-order valence-electron chi connectivity index (χ1n) is 12.2. The summed E-state index contributed by atoms with van der Waals surface area (Å²) in [6.07, 6.45) is 2.83. The number of nitrogens with one attached hydrogen (secondary N) is 2. The largest absolute Gasteiger partial charge is 0.494 e. The van der Waals surface area contributed by atoms with Gasteiger partial charge in [0.05, 0.1) is 36.8 Å². The van der Waals surface area contributed by atoms with Gasteiger partial charge in [0.2, 0.25) is 10.0 Å². The van der Waals surface area contributed by atoms with Crippen molar-refractivity contribution in [2.75, 3.05) is 23.0 Å². The number of ether oxygens (including phenoxy) is 1. The van der Waals surface area contributed by atoms with Crippen LogP contribution in [-0.4, -0.2) is 36.4 Å². The summed E-state index contributed by atoms with van der Waals surface area (Å²) >= 11 is 5.85. The number of nitrogens with zero attached hydrogens (tertiary/aromatic N) is 3. The molecule has 2 atom stereocenters. The Morgan fingerprint density at radius 1 is 1.05 bits per heavy atom. The lowest BCUT2D eigenvalue weighted by Crippen LogP contribution is -2.29. The van der Waals surface area contributed by atoms with Crippen molar-refractivity contribution in [3.8, 4) is 11.4 Å². The number of hydrogen-bond donors (Lipinski definition) is 2. The molecule has 39 heavy (non-hydrogen) atoms. The molecule has 0 unspecified atom stereocenters. The minimum atomic E-state index is -3.50. The van der Waals surface area contributed by atoms with Gasteiger partial charge in [-0.15, -0.1) is 0 Å². The Hall–Kier alpha value is -3.96. The molecule has 2 aromatic carbocycles. The lowest BCUT2D eigenvalue weighted by atomic mass is 9.96. The fraction of sp³-hybridized carbons (Fsp3) is 0.214. The van der Waals surface area contributed by atoms with Crippen molar-refractivity contribution in [2.45, 2.75) is 25.9 Å². The van der Waals surface area contributed by atoms with E-state index in [1.807, 2.05) is 36.9 Å². The van der Waals surface area contributed by atoms with E-state index in [0.29, 0.717) is 16.5 Å². The van der Waals surface area contributed by atoms with Crippen LogP contribution in [0, 0.1) is 19.7 Å². The number of pyridine rings is 1. The summed E-state index contributed by atoms with van der Waals surface area (Å²) in [5, 5.41) is 3.94. The number of sulfonamides is 1. The molecule has 0 radical (unpaired) electrons. The molecule has 1 saturated heterocycles. The third-order valence-electron chi connectivity index (χ3n) is 6.73. The number of thiocarbonyl (C=S) groups is 1. The molecule has 0 aliphatic carbocycles. The van der Waals surface area contributed by atoms with Gasteiger partial charge < -0.3 is 19.5 Å². The van der Waals surface area contributed by atoms with E-state index in [1.165, 1.54) is 19.2 Å². The second-order valence-corrected chi connectivity index (χ2v) is 11.5. The number of aryl methyl sites for hydroxylation is 1. The van der Waals surface area contributed by atoms with Gasteiger partial charge in [0, 0.05) is 35.0 Å². The molecular weight excluding hydrogens is 537 g/mol. The van der Waals surface area contributed by atoms with Crippen molar-refractivity contribution >= 4 is 38.7 Å². The van der Waals surface area contributed by atoms with E-state index >= 15 is 0 Å². The number of rotatable bonds is 7. The summed E-state index contributed by atoms with van der Waals surface area (Å²) in [6, 6.07) is 18.9. The van der Waals surface area contributed by atoms with Crippen LogP contribution in [0.25, 0.3) is 5.69 Å². The highest BCUT2D eigenvalue weighted by molar-refractivity contribution is 7.92. The van der Waals surface area contributed by atoms with Crippen LogP contribution in [0.4, 0.5) is 15.8 Å². The maximum absolute atomic E-state index is 13.7. The number of halogens is 1. The summed E-state index contributed by atoms with van der Waals surface area (Å²) < 4.78 is 47.5. The van der Waals surface area contributed by atoms with E-state index in [2.05, 4.69) is 25.7 Å². The molecule has 202 valence electrons. The molecule has 1 aliphatic rings. The fourth-order valence-electron chi connectivity index (χ4n) is 5.14. The van der Waals surface area contributed by atoms with E-state index in [0.717, 1.165) is 40.3 Å². The molecule has 0 amide bonds. The lowest BCUT2D eigenvalue weighted by Gasteiger charge is -2.29. The SMILES string of the molecule is COc1cc(N2C(=S)N[C@H](c3ccccn3)[C@H]2c2cc(C)n(-c3ccc(F)cc3)c2C)ccc1NS(C)(=O)=O.